The van der Waals surface area contributed by atoms with Gasteiger partial charge in [-0.25, -0.2) is 0 Å². The van der Waals surface area contributed by atoms with Crippen LogP contribution in [0, 0.1) is 0 Å². The molecule has 72 heavy (non-hydrogen) atoms. The SMILES string of the molecule is CCCCCCCCCCCCCC/C=C\CCCCCCCCCCCCCCCCCC(=O)NC(COC1OC(CO)C(O)C(O)C1O)C(O)/C=C/CC/C=C/CCCCCCCCCCCCCC. The molecule has 1 saturated heterocycles. The van der Waals surface area contributed by atoms with Crippen LogP contribution in [0.4, 0.5) is 0 Å². The zero-order valence-corrected chi connectivity index (χ0v) is 47.2. The molecule has 0 aliphatic carbocycles. The molecule has 1 rings (SSSR count). The van der Waals surface area contributed by atoms with Gasteiger partial charge in [-0.05, 0) is 57.8 Å². The minimum Gasteiger partial charge on any atom is -0.394 e. The van der Waals surface area contributed by atoms with Gasteiger partial charge in [-0.15, -0.1) is 0 Å². The zero-order chi connectivity index (χ0) is 52.2. The Morgan fingerprint density at radius 3 is 1.17 bits per heavy atom. The van der Waals surface area contributed by atoms with Crippen LogP contribution < -0.4 is 5.32 Å². The van der Waals surface area contributed by atoms with E-state index in [-0.39, 0.29) is 12.5 Å². The number of carbonyl (C=O) groups is 1. The normalized spacial score (nSPS) is 19.3. The van der Waals surface area contributed by atoms with E-state index < -0.39 is 49.5 Å². The number of rotatable bonds is 54. The highest BCUT2D eigenvalue weighted by atomic mass is 16.7. The average Bonchev–Trinajstić information content (AvgIpc) is 3.38. The molecule has 0 spiro atoms. The predicted molar refractivity (Wildman–Crippen MR) is 304 cm³/mol. The summed E-state index contributed by atoms with van der Waals surface area (Å²) in [5, 5.41) is 54.5. The van der Waals surface area contributed by atoms with Crippen molar-refractivity contribution in [3.63, 3.8) is 0 Å². The first-order chi connectivity index (χ1) is 35.3. The largest absolute Gasteiger partial charge is 0.394 e. The number of amides is 1. The maximum Gasteiger partial charge on any atom is 0.220 e. The number of allylic oxidation sites excluding steroid dienone is 5. The molecule has 1 aliphatic heterocycles. The molecule has 0 aromatic carbocycles. The van der Waals surface area contributed by atoms with Crippen molar-refractivity contribution in [2.75, 3.05) is 13.2 Å². The number of ether oxygens (including phenoxy) is 2. The third-order valence-corrected chi connectivity index (χ3v) is 14.9. The molecule has 6 N–H and O–H groups in total. The van der Waals surface area contributed by atoms with Crippen LogP contribution in [0.2, 0.25) is 0 Å². The Balaban J connectivity index is 2.16. The van der Waals surface area contributed by atoms with E-state index in [9.17, 15) is 30.3 Å². The van der Waals surface area contributed by atoms with Crippen LogP contribution >= 0.6 is 0 Å². The summed E-state index contributed by atoms with van der Waals surface area (Å²) < 4.78 is 11.3. The van der Waals surface area contributed by atoms with Gasteiger partial charge in [-0.1, -0.05) is 275 Å². The summed E-state index contributed by atoms with van der Waals surface area (Å²) in [5.74, 6) is -0.182. The van der Waals surface area contributed by atoms with E-state index in [0.29, 0.717) is 6.42 Å². The van der Waals surface area contributed by atoms with Gasteiger partial charge in [0.2, 0.25) is 5.91 Å². The van der Waals surface area contributed by atoms with Gasteiger partial charge in [-0.2, -0.15) is 0 Å². The third kappa shape index (κ3) is 41.6. The first kappa shape index (κ1) is 68.4. The van der Waals surface area contributed by atoms with Gasteiger partial charge in [0.25, 0.3) is 0 Å². The smallest absolute Gasteiger partial charge is 0.220 e. The highest BCUT2D eigenvalue weighted by Crippen LogP contribution is 2.23. The monoisotopic (exact) mass is 1020 g/mol. The molecule has 1 heterocycles. The van der Waals surface area contributed by atoms with Crippen molar-refractivity contribution in [3.05, 3.63) is 36.5 Å². The van der Waals surface area contributed by atoms with E-state index in [1.807, 2.05) is 6.08 Å². The standard InChI is InChI=1S/C63H119NO8/c1-3-5-7-9-11-13-15-17-19-21-23-24-25-26-27-28-29-30-31-32-33-34-35-37-39-41-43-45-47-49-51-53-59(67)64-56(55-71-63-62(70)61(69)60(68)58(54-65)72-63)57(66)52-50-48-46-44-42-40-38-36-22-20-18-16-14-12-10-8-6-4-2/h26-27,42,44,50,52,56-58,60-63,65-66,68-70H,3-25,28-41,43,45-49,51,53-55H2,1-2H3,(H,64,67)/b27-26-,44-42+,52-50+. The molecule has 7 unspecified atom stereocenters. The molecule has 7 atom stereocenters. The van der Waals surface area contributed by atoms with Crippen LogP contribution in [0.3, 0.4) is 0 Å². The van der Waals surface area contributed by atoms with Gasteiger partial charge in [0.05, 0.1) is 25.4 Å². The highest BCUT2D eigenvalue weighted by molar-refractivity contribution is 5.76. The molecule has 0 bridgehead atoms. The predicted octanol–water partition coefficient (Wildman–Crippen LogP) is 15.9. The lowest BCUT2D eigenvalue weighted by atomic mass is 9.99. The number of unbranched alkanes of at least 4 members (excludes halogenated alkanes) is 40. The fourth-order valence-electron chi connectivity index (χ4n) is 9.99. The van der Waals surface area contributed by atoms with Crippen LogP contribution in [0.5, 0.6) is 0 Å². The second-order valence-electron chi connectivity index (χ2n) is 21.8. The van der Waals surface area contributed by atoms with Crippen LogP contribution in [-0.2, 0) is 14.3 Å². The molecule has 424 valence electrons. The van der Waals surface area contributed by atoms with Crippen LogP contribution in [-0.4, -0.2) is 87.5 Å². The molecule has 9 heteroatoms. The maximum atomic E-state index is 13.1. The van der Waals surface area contributed by atoms with E-state index >= 15 is 0 Å². The Morgan fingerprint density at radius 1 is 0.458 bits per heavy atom. The number of aliphatic hydroxyl groups is 5. The molecular formula is C63H119NO8. The lowest BCUT2D eigenvalue weighted by Gasteiger charge is -2.40. The molecule has 0 aromatic heterocycles. The van der Waals surface area contributed by atoms with Crippen LogP contribution in [0.25, 0.3) is 0 Å². The van der Waals surface area contributed by atoms with Gasteiger partial charge in [-0.3, -0.25) is 4.79 Å². The summed E-state index contributed by atoms with van der Waals surface area (Å²) in [4.78, 5) is 13.1. The van der Waals surface area contributed by atoms with Gasteiger partial charge >= 0.3 is 0 Å². The van der Waals surface area contributed by atoms with Crippen molar-refractivity contribution < 1.29 is 39.8 Å². The highest BCUT2D eigenvalue weighted by Gasteiger charge is 2.44. The fraction of sp³-hybridized carbons (Fsp3) is 0.889. The molecule has 1 fully saturated rings. The van der Waals surface area contributed by atoms with Gasteiger partial charge in [0.15, 0.2) is 6.29 Å². The Kier molecular flexibility index (Phi) is 50.2. The van der Waals surface area contributed by atoms with E-state index in [2.05, 4.69) is 43.5 Å². The summed E-state index contributed by atoms with van der Waals surface area (Å²) in [5.41, 5.74) is 0. The first-order valence-electron chi connectivity index (χ1n) is 31.2. The average molecular weight is 1020 g/mol. The second-order valence-corrected chi connectivity index (χ2v) is 21.8. The van der Waals surface area contributed by atoms with Crippen molar-refractivity contribution >= 4 is 5.91 Å². The molecular weight excluding hydrogens is 899 g/mol. The summed E-state index contributed by atoms with van der Waals surface area (Å²) in [6.07, 6.45) is 62.3. The van der Waals surface area contributed by atoms with Crippen LogP contribution in [0.1, 0.15) is 303 Å². The van der Waals surface area contributed by atoms with E-state index in [0.717, 1.165) is 38.5 Å². The minimum absolute atomic E-state index is 0.182. The first-order valence-corrected chi connectivity index (χ1v) is 31.2. The molecule has 0 aromatic rings. The second kappa shape index (κ2) is 52.8. The molecule has 1 aliphatic rings. The van der Waals surface area contributed by atoms with Crippen molar-refractivity contribution in [1.29, 1.82) is 0 Å². The van der Waals surface area contributed by atoms with E-state index in [1.165, 1.54) is 244 Å². The maximum absolute atomic E-state index is 13.1. The summed E-state index contributed by atoms with van der Waals surface area (Å²) in [6, 6.07) is -0.821. The van der Waals surface area contributed by atoms with Gasteiger partial charge in [0, 0.05) is 6.42 Å². The topological polar surface area (TPSA) is 149 Å². The van der Waals surface area contributed by atoms with E-state index in [4.69, 9.17) is 9.47 Å². The quantitative estimate of drug-likeness (QED) is 0.0261. The Morgan fingerprint density at radius 2 is 0.792 bits per heavy atom. The number of carbonyl (C=O) groups excluding carboxylic acids is 1. The summed E-state index contributed by atoms with van der Waals surface area (Å²) in [6.45, 7) is 3.80. The van der Waals surface area contributed by atoms with Gasteiger partial charge < -0.3 is 40.3 Å². The number of nitrogens with one attached hydrogen (secondary N) is 1. The minimum atomic E-state index is -1.57. The number of hydrogen-bond donors (Lipinski definition) is 6. The Labute approximate surface area is 444 Å². The summed E-state index contributed by atoms with van der Waals surface area (Å²) in [7, 11) is 0. The lowest BCUT2D eigenvalue weighted by Crippen LogP contribution is -2.60. The number of aliphatic hydroxyl groups excluding tert-OH is 5. The Hall–Kier alpha value is -1.59. The lowest BCUT2D eigenvalue weighted by molar-refractivity contribution is -0.302. The third-order valence-electron chi connectivity index (χ3n) is 14.9. The van der Waals surface area contributed by atoms with Crippen molar-refractivity contribution in [2.24, 2.45) is 0 Å². The summed E-state index contributed by atoms with van der Waals surface area (Å²) >= 11 is 0. The molecule has 1 amide bonds. The number of hydrogen-bond acceptors (Lipinski definition) is 8. The molecule has 9 nitrogen and oxygen atoms in total. The van der Waals surface area contributed by atoms with E-state index in [1.54, 1.807) is 6.08 Å². The fourth-order valence-corrected chi connectivity index (χ4v) is 9.99. The Bertz CT molecular complexity index is 1230. The van der Waals surface area contributed by atoms with Crippen LogP contribution in [0.15, 0.2) is 36.5 Å². The zero-order valence-electron chi connectivity index (χ0n) is 47.2. The molecule has 0 radical (unpaired) electrons. The van der Waals surface area contributed by atoms with Crippen molar-refractivity contribution in [2.45, 2.75) is 346 Å². The molecule has 0 saturated carbocycles. The van der Waals surface area contributed by atoms with Gasteiger partial charge in [0.1, 0.15) is 24.4 Å². The van der Waals surface area contributed by atoms with Crippen molar-refractivity contribution in [1.82, 2.24) is 5.32 Å². The van der Waals surface area contributed by atoms with Crippen molar-refractivity contribution in [3.8, 4) is 0 Å².